The van der Waals surface area contributed by atoms with Gasteiger partial charge in [0, 0.05) is 12.1 Å². The molecule has 20 heavy (non-hydrogen) atoms. The molecule has 3 amide bonds. The molecule has 0 spiro atoms. The first-order valence-corrected chi connectivity index (χ1v) is 6.29. The Morgan fingerprint density at radius 2 is 2.15 bits per heavy atom. The van der Waals surface area contributed by atoms with Crippen molar-refractivity contribution in [1.29, 1.82) is 0 Å². The number of ether oxygens (including phenoxy) is 1. The highest BCUT2D eigenvalue weighted by Crippen LogP contribution is 2.30. The van der Waals surface area contributed by atoms with Crippen molar-refractivity contribution in [3.63, 3.8) is 0 Å². The number of carbonyl (C=O) groups is 3. The quantitative estimate of drug-likeness (QED) is 0.720. The molecule has 1 atom stereocenters. The molecule has 0 unspecified atom stereocenters. The second-order valence-corrected chi connectivity index (χ2v) is 4.70. The van der Waals surface area contributed by atoms with Gasteiger partial charge in [-0.05, 0) is 24.6 Å². The van der Waals surface area contributed by atoms with E-state index in [9.17, 15) is 14.4 Å². The van der Waals surface area contributed by atoms with Crippen LogP contribution in [0.5, 0.6) is 5.75 Å². The lowest BCUT2D eigenvalue weighted by molar-refractivity contribution is -0.122. The Labute approximate surface area is 114 Å². The average molecular weight is 275 g/mol. The summed E-state index contributed by atoms with van der Waals surface area (Å²) < 4.78 is 5.23. The van der Waals surface area contributed by atoms with Crippen LogP contribution in [-0.4, -0.2) is 30.4 Å². The Kier molecular flexibility index (Phi) is 3.02. The van der Waals surface area contributed by atoms with E-state index < -0.39 is 6.04 Å². The van der Waals surface area contributed by atoms with Crippen molar-refractivity contribution in [3.05, 3.63) is 18.2 Å². The smallest absolute Gasteiger partial charge is 0.262 e. The molecule has 2 aliphatic rings. The van der Waals surface area contributed by atoms with Gasteiger partial charge in [-0.1, -0.05) is 0 Å². The molecule has 7 nitrogen and oxygen atoms in total. The lowest BCUT2D eigenvalue weighted by Gasteiger charge is -2.19. The topological polar surface area (TPSA) is 96.5 Å². The molecule has 2 aliphatic heterocycles. The number of hydrogen-bond donors (Lipinski definition) is 3. The molecule has 0 aromatic heterocycles. The summed E-state index contributed by atoms with van der Waals surface area (Å²) in [5.41, 5.74) is 1.07. The standard InChI is InChI=1S/C13H13N3O4/c17-11-4-2-8(15-11)13(19)14-7-1-3-10-9(5-7)16-12(18)6-20-10/h1,3,5,8H,2,4,6H2,(H,14,19)(H,15,17)(H,16,18)/t8-/m1/s1. The molecule has 1 aromatic carbocycles. The van der Waals surface area contributed by atoms with E-state index in [4.69, 9.17) is 4.74 Å². The maximum absolute atomic E-state index is 11.9. The Hall–Kier alpha value is -2.57. The minimum atomic E-state index is -0.496. The van der Waals surface area contributed by atoms with Gasteiger partial charge in [-0.15, -0.1) is 0 Å². The van der Waals surface area contributed by atoms with Crippen LogP contribution in [0.2, 0.25) is 0 Å². The maximum Gasteiger partial charge on any atom is 0.262 e. The molecular formula is C13H13N3O4. The molecule has 104 valence electrons. The van der Waals surface area contributed by atoms with Crippen molar-refractivity contribution in [2.75, 3.05) is 17.2 Å². The van der Waals surface area contributed by atoms with Crippen LogP contribution in [0.25, 0.3) is 0 Å². The van der Waals surface area contributed by atoms with E-state index in [2.05, 4.69) is 16.0 Å². The molecule has 7 heteroatoms. The molecule has 0 aliphatic carbocycles. The van der Waals surface area contributed by atoms with Gasteiger partial charge in [0.25, 0.3) is 5.91 Å². The molecule has 1 saturated heterocycles. The van der Waals surface area contributed by atoms with E-state index in [-0.39, 0.29) is 24.3 Å². The molecule has 0 bridgehead atoms. The normalized spacial score (nSPS) is 20.5. The molecular weight excluding hydrogens is 262 g/mol. The van der Waals surface area contributed by atoms with Crippen LogP contribution in [0.15, 0.2) is 18.2 Å². The first kappa shape index (κ1) is 12.5. The van der Waals surface area contributed by atoms with Gasteiger partial charge >= 0.3 is 0 Å². The third kappa shape index (κ3) is 2.42. The van der Waals surface area contributed by atoms with E-state index in [1.54, 1.807) is 18.2 Å². The molecule has 1 aromatic rings. The van der Waals surface area contributed by atoms with Crippen LogP contribution in [0.1, 0.15) is 12.8 Å². The second kappa shape index (κ2) is 4.84. The van der Waals surface area contributed by atoms with Crippen LogP contribution in [-0.2, 0) is 14.4 Å². The largest absolute Gasteiger partial charge is 0.482 e. The third-order valence-electron chi connectivity index (χ3n) is 3.19. The molecule has 3 N–H and O–H groups in total. The lowest BCUT2D eigenvalue weighted by atomic mass is 10.2. The van der Waals surface area contributed by atoms with Crippen LogP contribution in [0, 0.1) is 0 Å². The summed E-state index contributed by atoms with van der Waals surface area (Å²) in [4.78, 5) is 34.3. The highest BCUT2D eigenvalue weighted by Gasteiger charge is 2.27. The Balaban J connectivity index is 1.71. The van der Waals surface area contributed by atoms with Crippen LogP contribution in [0.4, 0.5) is 11.4 Å². The first-order chi connectivity index (χ1) is 9.61. The second-order valence-electron chi connectivity index (χ2n) is 4.70. The lowest BCUT2D eigenvalue weighted by Crippen LogP contribution is -2.37. The molecule has 1 fully saturated rings. The van der Waals surface area contributed by atoms with Gasteiger partial charge in [0.15, 0.2) is 6.61 Å². The summed E-state index contributed by atoms with van der Waals surface area (Å²) in [6.45, 7) is -0.00713. The number of rotatable bonds is 2. The van der Waals surface area contributed by atoms with Crippen LogP contribution < -0.4 is 20.7 Å². The van der Waals surface area contributed by atoms with Crippen LogP contribution >= 0.6 is 0 Å². The molecule has 0 radical (unpaired) electrons. The summed E-state index contributed by atoms with van der Waals surface area (Å²) in [5.74, 6) is -0.0455. The summed E-state index contributed by atoms with van der Waals surface area (Å²) in [6.07, 6.45) is 0.863. The van der Waals surface area contributed by atoms with E-state index >= 15 is 0 Å². The van der Waals surface area contributed by atoms with Crippen molar-refractivity contribution in [3.8, 4) is 5.75 Å². The zero-order valence-electron chi connectivity index (χ0n) is 10.6. The highest BCUT2D eigenvalue weighted by molar-refractivity contribution is 6.00. The number of nitrogens with one attached hydrogen (secondary N) is 3. The zero-order valence-corrected chi connectivity index (χ0v) is 10.6. The molecule has 2 heterocycles. The Morgan fingerprint density at radius 3 is 2.90 bits per heavy atom. The van der Waals surface area contributed by atoms with E-state index in [1.807, 2.05) is 0 Å². The predicted molar refractivity (Wildman–Crippen MR) is 70.4 cm³/mol. The summed E-state index contributed by atoms with van der Waals surface area (Å²) in [6, 6.07) is 4.49. The third-order valence-corrected chi connectivity index (χ3v) is 3.19. The predicted octanol–water partition coefficient (Wildman–Crippen LogP) is 0.235. The number of carbonyl (C=O) groups excluding carboxylic acids is 3. The van der Waals surface area contributed by atoms with Gasteiger partial charge in [0.2, 0.25) is 11.8 Å². The van der Waals surface area contributed by atoms with E-state index in [0.29, 0.717) is 30.0 Å². The summed E-state index contributed by atoms with van der Waals surface area (Å²) in [7, 11) is 0. The fourth-order valence-corrected chi connectivity index (χ4v) is 2.20. The van der Waals surface area contributed by atoms with Gasteiger partial charge in [0.05, 0.1) is 5.69 Å². The number of amides is 3. The van der Waals surface area contributed by atoms with E-state index in [0.717, 1.165) is 0 Å². The monoisotopic (exact) mass is 275 g/mol. The van der Waals surface area contributed by atoms with Crippen molar-refractivity contribution in [2.45, 2.75) is 18.9 Å². The van der Waals surface area contributed by atoms with Gasteiger partial charge in [-0.3, -0.25) is 14.4 Å². The average Bonchev–Trinajstić information content (AvgIpc) is 2.85. The maximum atomic E-state index is 11.9. The van der Waals surface area contributed by atoms with Crippen LogP contribution in [0.3, 0.4) is 0 Å². The Bertz CT molecular complexity index is 599. The number of fused-ring (bicyclic) bond motifs is 1. The summed E-state index contributed by atoms with van der Waals surface area (Å²) in [5, 5.41) is 7.97. The number of anilines is 2. The zero-order chi connectivity index (χ0) is 14.1. The molecule has 3 rings (SSSR count). The van der Waals surface area contributed by atoms with Gasteiger partial charge in [0.1, 0.15) is 11.8 Å². The van der Waals surface area contributed by atoms with Gasteiger partial charge in [-0.2, -0.15) is 0 Å². The number of benzene rings is 1. The van der Waals surface area contributed by atoms with Crippen molar-refractivity contribution >= 4 is 29.1 Å². The fraction of sp³-hybridized carbons (Fsp3) is 0.308. The first-order valence-electron chi connectivity index (χ1n) is 6.29. The van der Waals surface area contributed by atoms with E-state index in [1.165, 1.54) is 0 Å². The minimum Gasteiger partial charge on any atom is -0.482 e. The fourth-order valence-electron chi connectivity index (χ4n) is 2.20. The van der Waals surface area contributed by atoms with Crippen molar-refractivity contribution in [2.24, 2.45) is 0 Å². The SMILES string of the molecule is O=C1COc2ccc(NC(=O)[C@H]3CCC(=O)N3)cc2N1. The number of hydrogen-bond acceptors (Lipinski definition) is 4. The Morgan fingerprint density at radius 1 is 1.30 bits per heavy atom. The van der Waals surface area contributed by atoms with Crippen molar-refractivity contribution in [1.82, 2.24) is 5.32 Å². The van der Waals surface area contributed by atoms with Gasteiger partial charge in [-0.25, -0.2) is 0 Å². The van der Waals surface area contributed by atoms with Gasteiger partial charge < -0.3 is 20.7 Å². The highest BCUT2D eigenvalue weighted by atomic mass is 16.5. The minimum absolute atomic E-state index is 0.00713. The summed E-state index contributed by atoms with van der Waals surface area (Å²) >= 11 is 0. The van der Waals surface area contributed by atoms with Crippen molar-refractivity contribution < 1.29 is 19.1 Å². The molecule has 0 saturated carbocycles.